The Morgan fingerprint density at radius 1 is 1.39 bits per heavy atom. The number of nitrogens with two attached hydrogens (primary N) is 1. The molecule has 2 fully saturated rings. The van der Waals surface area contributed by atoms with E-state index >= 15 is 4.39 Å². The summed E-state index contributed by atoms with van der Waals surface area (Å²) in [6, 6.07) is 8.72. The first kappa shape index (κ1) is 25.5. The average Bonchev–Trinajstić information content (AvgIpc) is 3.43. The SMILES string of the molecule is C[N+]#Cc1cc([N+]2(c3ccc(N4C[C@H](CNC(C)=O)OC4=O)cc3F)CCC(N)CC2)c([N+](=O)[O-])s1. The largest absolute Gasteiger partial charge is 0.442 e. The van der Waals surface area contributed by atoms with Crippen molar-refractivity contribution < 1.29 is 23.6 Å². The highest BCUT2D eigenvalue weighted by Crippen LogP contribution is 2.48. The summed E-state index contributed by atoms with van der Waals surface area (Å²) in [4.78, 5) is 40.7. The Morgan fingerprint density at radius 3 is 2.72 bits per heavy atom. The standard InChI is InChI=1S/C23H26FN6O5S/c1-14(31)27-11-17-13-28(23(32)35-17)16-3-4-20(19(24)9-16)30(7-5-15(25)6-8-30)21-10-18(12-26-2)36-22(21)29(33)34/h3-4,9-10,15,17H,5-8,11,13,25H2,1-2H3/q+1/p+1/t15?,17-,30?/m0/s1. The molecule has 0 radical (unpaired) electrons. The highest BCUT2D eigenvalue weighted by atomic mass is 32.1. The number of hydrogen-bond acceptors (Lipinski definition) is 7. The maximum atomic E-state index is 15.8. The van der Waals surface area contributed by atoms with Crippen LogP contribution in [-0.4, -0.2) is 62.3 Å². The van der Waals surface area contributed by atoms with E-state index in [0.717, 1.165) is 11.3 Å². The molecule has 190 valence electrons. The van der Waals surface area contributed by atoms with E-state index in [1.165, 1.54) is 24.9 Å². The van der Waals surface area contributed by atoms with Crippen molar-refractivity contribution in [1.29, 1.82) is 0 Å². The maximum Gasteiger partial charge on any atom is 0.414 e. The summed E-state index contributed by atoms with van der Waals surface area (Å²) >= 11 is 0.944. The molecule has 2 aromatic rings. The zero-order valence-electron chi connectivity index (χ0n) is 19.9. The van der Waals surface area contributed by atoms with Crippen LogP contribution in [0.4, 0.5) is 31.2 Å². The molecule has 13 heteroatoms. The third-order valence-corrected chi connectivity index (χ3v) is 7.44. The molecule has 0 unspecified atom stereocenters. The molecule has 2 saturated heterocycles. The molecule has 36 heavy (non-hydrogen) atoms. The molecule has 1 aromatic carbocycles. The van der Waals surface area contributed by atoms with Gasteiger partial charge in [-0.05, 0) is 17.4 Å². The number of hydrogen-bond donors (Lipinski definition) is 2. The summed E-state index contributed by atoms with van der Waals surface area (Å²) in [5.41, 5.74) is 7.05. The molecule has 4 rings (SSSR count). The van der Waals surface area contributed by atoms with Crippen molar-refractivity contribution in [3.8, 4) is 6.07 Å². The number of anilines is 1. The van der Waals surface area contributed by atoms with E-state index in [1.54, 1.807) is 18.2 Å². The van der Waals surface area contributed by atoms with Crippen LogP contribution < -0.4 is 20.4 Å². The highest BCUT2D eigenvalue weighted by Gasteiger charge is 2.46. The number of quaternary nitrogens is 1. The molecule has 0 aliphatic carbocycles. The Hall–Kier alpha value is -3.60. The monoisotopic (exact) mass is 518 g/mol. The summed E-state index contributed by atoms with van der Waals surface area (Å²) in [5, 5.41) is 14.4. The molecule has 0 saturated carbocycles. The Morgan fingerprint density at radius 2 is 2.11 bits per heavy atom. The number of halogens is 1. The number of benzene rings is 1. The number of thiophene rings is 1. The first-order valence-corrected chi connectivity index (χ1v) is 12.2. The third-order valence-electron chi connectivity index (χ3n) is 6.46. The summed E-state index contributed by atoms with van der Waals surface area (Å²) < 4.78 is 21.0. The molecule has 3 N–H and O–H groups in total. The predicted octanol–water partition coefficient (Wildman–Crippen LogP) is 3.33. The lowest BCUT2D eigenvalue weighted by atomic mass is 10.00. The Balaban J connectivity index is 1.72. The lowest BCUT2D eigenvalue weighted by Crippen LogP contribution is -2.53. The van der Waals surface area contributed by atoms with Crippen molar-refractivity contribution >= 4 is 45.4 Å². The molecule has 2 aliphatic heterocycles. The van der Waals surface area contributed by atoms with E-state index in [1.807, 2.05) is 0 Å². The second kappa shape index (κ2) is 10.2. The van der Waals surface area contributed by atoms with Crippen LogP contribution in [0.2, 0.25) is 0 Å². The minimum absolute atomic E-state index is 0.0758. The van der Waals surface area contributed by atoms with E-state index in [9.17, 15) is 19.7 Å². The quantitative estimate of drug-likeness (QED) is 0.343. The van der Waals surface area contributed by atoms with Gasteiger partial charge in [0.2, 0.25) is 11.6 Å². The minimum Gasteiger partial charge on any atom is -0.442 e. The first-order valence-electron chi connectivity index (χ1n) is 11.4. The lowest BCUT2D eigenvalue weighted by Gasteiger charge is -2.41. The van der Waals surface area contributed by atoms with Crippen LogP contribution in [0.25, 0.3) is 4.85 Å². The molecule has 1 aromatic heterocycles. The van der Waals surface area contributed by atoms with Gasteiger partial charge in [0.1, 0.15) is 6.10 Å². The van der Waals surface area contributed by atoms with Gasteiger partial charge in [0, 0.05) is 44.0 Å². The minimum atomic E-state index is -0.641. The first-order chi connectivity index (χ1) is 17.1. The molecule has 0 spiro atoms. The normalized spacial score (nSPS) is 23.6. The second-order valence-corrected chi connectivity index (χ2v) is 9.87. The zero-order chi connectivity index (χ0) is 26.0. The molecule has 2 amide bonds. The van der Waals surface area contributed by atoms with Crippen molar-refractivity contribution in [3.63, 3.8) is 0 Å². The van der Waals surface area contributed by atoms with E-state index in [0.29, 0.717) is 42.2 Å². The van der Waals surface area contributed by atoms with Gasteiger partial charge in [-0.25, -0.2) is 13.7 Å². The average molecular weight is 519 g/mol. The summed E-state index contributed by atoms with van der Waals surface area (Å²) in [5.74, 6) is -0.847. The van der Waals surface area contributed by atoms with E-state index in [2.05, 4.69) is 16.2 Å². The molecule has 11 nitrogen and oxygen atoms in total. The topological polar surface area (TPSA) is 132 Å². The fourth-order valence-corrected chi connectivity index (χ4v) is 5.65. The number of rotatable bonds is 6. The molecule has 0 bridgehead atoms. The Bertz CT molecular complexity index is 1260. The van der Waals surface area contributed by atoms with Crippen LogP contribution in [0.3, 0.4) is 0 Å². The lowest BCUT2D eigenvalue weighted by molar-refractivity contribution is -0.380. The summed E-state index contributed by atoms with van der Waals surface area (Å²) in [7, 11) is 1.53. The molecule has 3 heterocycles. The van der Waals surface area contributed by atoms with Gasteiger partial charge in [-0.1, -0.05) is 4.85 Å². The van der Waals surface area contributed by atoms with Crippen LogP contribution in [0.15, 0.2) is 24.3 Å². The van der Waals surface area contributed by atoms with Crippen LogP contribution >= 0.6 is 11.3 Å². The van der Waals surface area contributed by atoms with Crippen molar-refractivity contribution in [2.45, 2.75) is 31.9 Å². The van der Waals surface area contributed by atoms with Gasteiger partial charge in [0.15, 0.2) is 16.4 Å². The number of cyclic esters (lactones) is 1. The Labute approximate surface area is 210 Å². The van der Waals surface area contributed by atoms with Gasteiger partial charge in [0.05, 0.1) is 36.8 Å². The smallest absolute Gasteiger partial charge is 0.414 e. The number of nitro groups is 1. The van der Waals surface area contributed by atoms with E-state index in [-0.39, 0.29) is 40.2 Å². The van der Waals surface area contributed by atoms with E-state index in [4.69, 9.17) is 10.5 Å². The van der Waals surface area contributed by atoms with E-state index < -0.39 is 22.9 Å². The predicted molar refractivity (Wildman–Crippen MR) is 134 cm³/mol. The number of nitrogens with one attached hydrogen (secondary N) is 1. The second-order valence-electron chi connectivity index (χ2n) is 8.84. The van der Waals surface area contributed by atoms with Crippen molar-refractivity contribution in [3.05, 3.63) is 49.9 Å². The van der Waals surface area contributed by atoms with Crippen LogP contribution in [0.1, 0.15) is 24.6 Å². The zero-order valence-corrected chi connectivity index (χ0v) is 20.7. The summed E-state index contributed by atoms with van der Waals surface area (Å²) in [6.07, 6.45) is -0.0937. The van der Waals surface area contributed by atoms with Gasteiger partial charge in [0.25, 0.3) is 7.05 Å². The Kier molecular flexibility index (Phi) is 7.21. The van der Waals surface area contributed by atoms with Gasteiger partial charge in [-0.15, -0.1) is 0 Å². The fraction of sp³-hybridized carbons (Fsp3) is 0.435. The third kappa shape index (κ3) is 4.88. The van der Waals surface area contributed by atoms with Gasteiger partial charge in [-0.2, -0.15) is 0 Å². The molecular weight excluding hydrogens is 491 g/mol. The number of piperidine rings is 1. The van der Waals surface area contributed by atoms with Crippen molar-refractivity contribution in [1.82, 2.24) is 9.80 Å². The van der Waals surface area contributed by atoms with Gasteiger partial charge >= 0.3 is 17.2 Å². The van der Waals surface area contributed by atoms with Crippen molar-refractivity contribution in [2.24, 2.45) is 5.73 Å². The number of carbonyl (C=O) groups is 2. The van der Waals surface area contributed by atoms with Gasteiger partial charge < -0.3 is 15.8 Å². The van der Waals surface area contributed by atoms with Gasteiger partial charge in [-0.3, -0.25) is 19.8 Å². The number of carbonyl (C=O) groups excluding carboxylic acids is 2. The number of amides is 2. The molecular formula is C23H27FN6O5S+2. The summed E-state index contributed by atoms with van der Waals surface area (Å²) in [6.45, 7) is 2.42. The number of ether oxygens (including phenoxy) is 1. The maximum absolute atomic E-state index is 15.8. The van der Waals surface area contributed by atoms with Crippen molar-refractivity contribution in [2.75, 3.05) is 38.1 Å². The van der Waals surface area contributed by atoms with Crippen LogP contribution in [-0.2, 0) is 9.53 Å². The number of nitrogens with zero attached hydrogens (tertiary/aromatic N) is 4. The molecule has 1 atom stereocenters. The molecule has 2 aliphatic rings. The van der Waals surface area contributed by atoms with Crippen LogP contribution in [0.5, 0.6) is 0 Å². The van der Waals surface area contributed by atoms with Crippen LogP contribution in [0, 0.1) is 22.0 Å². The fourth-order valence-electron chi connectivity index (χ4n) is 4.72. The highest BCUT2D eigenvalue weighted by molar-refractivity contribution is 7.16.